The molecule has 0 saturated heterocycles. The van der Waals surface area contributed by atoms with Gasteiger partial charge in [-0.05, 0) is 235 Å². The van der Waals surface area contributed by atoms with Crippen molar-refractivity contribution >= 4 is 261 Å². The summed E-state index contributed by atoms with van der Waals surface area (Å²) >= 11 is 28.6. The Kier molecular flexibility index (Phi) is 33.1. The summed E-state index contributed by atoms with van der Waals surface area (Å²) in [4.78, 5) is 157. The van der Waals surface area contributed by atoms with E-state index < -0.39 is 59.1 Å². The molecular formula is C95H71Br10N8O20+. The molecule has 0 radical (unpaired) electrons. The SMILES string of the molecule is Br.C.O=C(NCNC(=O)OCCc1cc(Br)c(Nc2ccc(O)c3c2C(=O)c2ccccc2C3=O)c(Br)c1)OCCc1cc(Br)c(Nc2ccc(O)c3c2C(=O)c2ccccc2C3=O)c(Br)c1.O=C(NCNC(=O)OCCc1cc(Br)c([NH2+]c2ccc(O)c3c2C(=O)c2ccccc2C3=O)c(Br)c1)OCCc1cc(Br)c([NH2+]c2ccc(O)c3c2C(=O)c2ccccc2C3=O)c(Br)c1.[Br-]. The Morgan fingerprint density at radius 3 is 0.729 bits per heavy atom. The van der Waals surface area contributed by atoms with E-state index in [1.54, 1.807) is 144 Å². The minimum Gasteiger partial charge on any atom is -1.00 e. The zero-order valence-corrected chi connectivity index (χ0v) is 83.8. The van der Waals surface area contributed by atoms with Gasteiger partial charge in [-0.1, -0.05) is 104 Å². The van der Waals surface area contributed by atoms with Gasteiger partial charge in [0, 0.05) is 100 Å². The van der Waals surface area contributed by atoms with Crippen LogP contribution in [-0.4, -0.2) is 131 Å². The minimum atomic E-state index is -0.767. The van der Waals surface area contributed by atoms with Gasteiger partial charge in [0.05, 0.1) is 125 Å². The number of ether oxygens (including phenoxy) is 4. The number of phenolic OH excluding ortho intramolecular Hbond substituents is 4. The van der Waals surface area contributed by atoms with E-state index in [-0.39, 0.29) is 205 Å². The summed E-state index contributed by atoms with van der Waals surface area (Å²) in [5, 5.41) is 62.0. The molecule has 38 heteroatoms. The quantitative estimate of drug-likeness (QED) is 0.0116. The Hall–Kier alpha value is -11.4. The first kappa shape index (κ1) is 101. The Morgan fingerprint density at radius 2 is 0.489 bits per heavy atom. The van der Waals surface area contributed by atoms with Crippen LogP contribution in [0.15, 0.2) is 230 Å². The maximum absolute atomic E-state index is 13.5. The normalized spacial score (nSPS) is 12.2. The van der Waals surface area contributed by atoms with Gasteiger partial charge in [0.2, 0.25) is 11.6 Å². The molecule has 0 saturated carbocycles. The lowest BCUT2D eigenvalue weighted by molar-refractivity contribution is -0.480. The highest BCUT2D eigenvalue weighted by atomic mass is 79.9. The van der Waals surface area contributed by atoms with Crippen molar-refractivity contribution in [1.82, 2.24) is 21.3 Å². The van der Waals surface area contributed by atoms with Gasteiger partial charge in [0.15, 0.2) is 46.1 Å². The van der Waals surface area contributed by atoms with Crippen LogP contribution in [0.4, 0.5) is 64.7 Å². The van der Waals surface area contributed by atoms with Gasteiger partial charge in [-0.25, -0.2) is 19.2 Å². The van der Waals surface area contributed by atoms with Gasteiger partial charge in [-0.2, -0.15) is 0 Å². The van der Waals surface area contributed by atoms with Crippen molar-refractivity contribution in [2.45, 2.75) is 33.1 Å². The molecule has 0 aliphatic heterocycles. The number of rotatable bonds is 24. The molecular weight excluding hydrogens is 2370 g/mol. The summed E-state index contributed by atoms with van der Waals surface area (Å²) in [6.07, 6.45) is -1.70. The maximum Gasteiger partial charge on any atom is 0.408 e. The van der Waals surface area contributed by atoms with E-state index in [0.717, 1.165) is 22.3 Å². The van der Waals surface area contributed by atoms with E-state index in [9.17, 15) is 78.0 Å². The smallest absolute Gasteiger partial charge is 0.408 e. The fourth-order valence-corrected chi connectivity index (χ4v) is 21.1. The summed E-state index contributed by atoms with van der Waals surface area (Å²) in [7, 11) is 0. The van der Waals surface area contributed by atoms with Crippen molar-refractivity contribution < 1.29 is 125 Å². The number of phenols is 4. The number of anilines is 4. The molecule has 0 atom stereocenters. The number of fused-ring (bicyclic) bond motifs is 8. The molecule has 0 spiro atoms. The molecule has 0 fully saturated rings. The highest BCUT2D eigenvalue weighted by Crippen LogP contribution is 2.46. The number of carbonyl (C=O) groups is 12. The second kappa shape index (κ2) is 43.7. The summed E-state index contributed by atoms with van der Waals surface area (Å²) in [6.45, 7) is -0.454. The molecule has 680 valence electrons. The van der Waals surface area contributed by atoms with E-state index in [4.69, 9.17) is 18.9 Å². The molecule has 0 heterocycles. The predicted molar refractivity (Wildman–Crippen MR) is 522 cm³/mol. The van der Waals surface area contributed by atoms with Crippen molar-refractivity contribution in [2.24, 2.45) is 0 Å². The molecule has 4 aliphatic rings. The maximum atomic E-state index is 13.5. The fourth-order valence-electron chi connectivity index (χ4n) is 15.1. The van der Waals surface area contributed by atoms with Crippen LogP contribution < -0.4 is 59.5 Å². The van der Waals surface area contributed by atoms with Crippen molar-refractivity contribution in [3.05, 3.63) is 341 Å². The van der Waals surface area contributed by atoms with Crippen molar-refractivity contribution in [3.63, 3.8) is 0 Å². The first-order chi connectivity index (χ1) is 62.4. The predicted octanol–water partition coefficient (Wildman–Crippen LogP) is 16.5. The number of amides is 4. The average Bonchev–Trinajstić information content (AvgIpc) is 0.755. The van der Waals surface area contributed by atoms with Crippen molar-refractivity contribution in [3.8, 4) is 23.0 Å². The second-order valence-electron chi connectivity index (χ2n) is 29.4. The number of aromatic hydroxyl groups is 4. The van der Waals surface area contributed by atoms with E-state index in [1.807, 2.05) is 24.3 Å². The van der Waals surface area contributed by atoms with Crippen LogP contribution in [0.3, 0.4) is 0 Å². The lowest BCUT2D eigenvalue weighted by Crippen LogP contribution is -3.00. The minimum absolute atomic E-state index is 0. The van der Waals surface area contributed by atoms with E-state index in [0.29, 0.717) is 107 Å². The highest BCUT2D eigenvalue weighted by Gasteiger charge is 2.41. The topological polar surface area (TPSA) is 428 Å². The third kappa shape index (κ3) is 21.5. The summed E-state index contributed by atoms with van der Waals surface area (Å²) in [6, 6.07) is 52.3. The Balaban J connectivity index is 0.000000235. The van der Waals surface area contributed by atoms with E-state index >= 15 is 0 Å². The Labute approximate surface area is 845 Å². The lowest BCUT2D eigenvalue weighted by Gasteiger charge is -2.22. The third-order valence-corrected chi connectivity index (χ3v) is 26.4. The first-order valence-corrected chi connectivity index (χ1v) is 45.7. The van der Waals surface area contributed by atoms with Gasteiger partial charge < -0.3 is 88.3 Å². The molecule has 133 heavy (non-hydrogen) atoms. The van der Waals surface area contributed by atoms with Gasteiger partial charge in [0.25, 0.3) is 0 Å². The number of carbonyl (C=O) groups excluding carboxylic acids is 12. The molecule has 4 amide bonds. The largest absolute Gasteiger partial charge is 1.00 e. The third-order valence-electron chi connectivity index (χ3n) is 21.3. The van der Waals surface area contributed by atoms with Crippen LogP contribution in [0.2, 0.25) is 0 Å². The number of halogens is 10. The summed E-state index contributed by atoms with van der Waals surface area (Å²) < 4.78 is 26.2. The molecule has 0 aromatic heterocycles. The first-order valence-electron chi connectivity index (χ1n) is 39.4. The van der Waals surface area contributed by atoms with Gasteiger partial charge in [-0.3, -0.25) is 49.0 Å². The molecule has 12 aromatic carbocycles. The molecule has 14 N–H and O–H groups in total. The molecule has 28 nitrogen and oxygen atoms in total. The second-order valence-corrected chi connectivity index (χ2v) is 36.2. The Bertz CT molecular complexity index is 5980. The van der Waals surface area contributed by atoms with Crippen molar-refractivity contribution in [2.75, 3.05) is 50.4 Å². The van der Waals surface area contributed by atoms with Crippen LogP contribution in [0.1, 0.15) is 157 Å². The molecule has 12 aromatic rings. The van der Waals surface area contributed by atoms with Gasteiger partial charge in [-0.15, -0.1) is 17.0 Å². The number of hydrogen-bond acceptors (Lipinski definition) is 22. The molecule has 4 aliphatic carbocycles. The zero-order valence-electron chi connectivity index (χ0n) is 67.8. The van der Waals surface area contributed by atoms with E-state index in [1.165, 1.54) is 36.4 Å². The number of benzene rings is 12. The summed E-state index contributed by atoms with van der Waals surface area (Å²) in [5.41, 5.74) is 9.42. The number of ketones is 8. The van der Waals surface area contributed by atoms with Crippen LogP contribution in [0.25, 0.3) is 0 Å². The van der Waals surface area contributed by atoms with Crippen LogP contribution >= 0.6 is 144 Å². The number of nitrogens with one attached hydrogen (secondary N) is 6. The molecule has 16 rings (SSSR count). The highest BCUT2D eigenvalue weighted by molar-refractivity contribution is 9.12. The molecule has 0 unspecified atom stereocenters. The van der Waals surface area contributed by atoms with Crippen LogP contribution in [0, 0.1) is 0 Å². The van der Waals surface area contributed by atoms with Crippen LogP contribution in [-0.2, 0) is 44.6 Å². The standard InChI is InChI=1S/2C47H32Br4N4O10.CH4.2BrH/c2*48-28-17-22(18-29(49)40(28)54-32-9-11-34(56)38-36(32)42(58)24-5-1-3-7-26(24)44(38)60)13-15-64-46(62)52-21-53-47(63)65-16-14-23-19-30(50)41(31(51)20-23)55-33-10-12-35(57)39-37(33)43(59)25-6-2-4-8-27(25)45(39)61;;;/h2*1-12,17-20,54-57H,13-16,21H2,(H,52,62)(H,53,63);1H4;2*1H/p+1. The number of hydrogen-bond donors (Lipinski definition) is 12. The van der Waals surface area contributed by atoms with Crippen molar-refractivity contribution in [1.29, 1.82) is 0 Å². The molecule has 0 bridgehead atoms. The monoisotopic (exact) mass is 2430 g/mol. The van der Waals surface area contributed by atoms with Gasteiger partial charge >= 0.3 is 24.4 Å². The number of quaternary nitrogens is 2. The Morgan fingerprint density at radius 1 is 0.286 bits per heavy atom. The number of nitrogens with two attached hydrogens (primary N) is 2. The van der Waals surface area contributed by atoms with Gasteiger partial charge in [0.1, 0.15) is 34.4 Å². The lowest BCUT2D eigenvalue weighted by atomic mass is 9.82. The summed E-state index contributed by atoms with van der Waals surface area (Å²) in [5.74, 6) is -4.36. The van der Waals surface area contributed by atoms with Crippen LogP contribution in [0.5, 0.6) is 23.0 Å². The fraction of sp³-hybridized carbons (Fsp3) is 0.116. The average molecular weight is 2440 g/mol. The van der Waals surface area contributed by atoms with E-state index in [2.05, 4.69) is 159 Å². The zero-order chi connectivity index (χ0) is 92.2. The number of alkyl carbamates (subject to hydrolysis) is 4.